The maximum atomic E-state index is 12.0. The van der Waals surface area contributed by atoms with Crippen LogP contribution in [0.15, 0.2) is 23.4 Å². The number of piperidine rings is 1. The Hall–Kier alpha value is -0.690. The summed E-state index contributed by atoms with van der Waals surface area (Å²) >= 11 is 5.73. The van der Waals surface area contributed by atoms with Crippen molar-refractivity contribution in [1.82, 2.24) is 15.0 Å². The van der Waals surface area contributed by atoms with Crippen LogP contribution < -0.4 is 10.0 Å². The SMILES string of the molecule is O=S(=O)(NC1CCCNC1)c1cncc(Cl)c1. The molecule has 0 saturated carbocycles. The van der Waals surface area contributed by atoms with Gasteiger partial charge in [0.15, 0.2) is 0 Å². The van der Waals surface area contributed by atoms with Crippen molar-refractivity contribution in [3.63, 3.8) is 0 Å². The van der Waals surface area contributed by atoms with Crippen molar-refractivity contribution in [1.29, 1.82) is 0 Å². The Morgan fingerprint density at radius 1 is 1.47 bits per heavy atom. The van der Waals surface area contributed by atoms with Crippen molar-refractivity contribution in [3.05, 3.63) is 23.5 Å². The molecule has 0 spiro atoms. The Kier molecular flexibility index (Phi) is 3.98. The maximum Gasteiger partial charge on any atom is 0.242 e. The summed E-state index contributed by atoms with van der Waals surface area (Å²) < 4.78 is 26.7. The van der Waals surface area contributed by atoms with Crippen LogP contribution in [0.4, 0.5) is 0 Å². The van der Waals surface area contributed by atoms with Gasteiger partial charge in [-0.2, -0.15) is 0 Å². The smallest absolute Gasteiger partial charge is 0.242 e. The summed E-state index contributed by atoms with van der Waals surface area (Å²) in [5.74, 6) is 0. The minimum absolute atomic E-state index is 0.0623. The minimum atomic E-state index is -3.52. The molecule has 1 aromatic heterocycles. The predicted octanol–water partition coefficient (Wildman–Crippen LogP) is 0.765. The molecular formula is C10H14ClN3O2S. The van der Waals surface area contributed by atoms with Crippen LogP contribution in [0.25, 0.3) is 0 Å². The first kappa shape index (κ1) is 12.8. The molecule has 0 amide bonds. The van der Waals surface area contributed by atoms with E-state index in [-0.39, 0.29) is 10.9 Å². The molecule has 1 aliphatic heterocycles. The standard InChI is InChI=1S/C10H14ClN3O2S/c11-8-4-10(7-13-5-8)17(15,16)14-9-2-1-3-12-6-9/h4-5,7,9,12,14H,1-3,6H2. The first-order valence-electron chi connectivity index (χ1n) is 5.41. The lowest BCUT2D eigenvalue weighted by Crippen LogP contribution is -2.45. The lowest BCUT2D eigenvalue weighted by Gasteiger charge is -2.23. The van der Waals surface area contributed by atoms with E-state index in [1.807, 2.05) is 0 Å². The molecule has 5 nitrogen and oxygen atoms in total. The fourth-order valence-electron chi connectivity index (χ4n) is 1.78. The molecule has 1 fully saturated rings. The molecule has 7 heteroatoms. The van der Waals surface area contributed by atoms with Gasteiger partial charge in [0.05, 0.1) is 5.02 Å². The number of nitrogens with zero attached hydrogens (tertiary/aromatic N) is 1. The number of aromatic nitrogens is 1. The van der Waals surface area contributed by atoms with E-state index in [0.717, 1.165) is 19.4 Å². The third-order valence-electron chi connectivity index (χ3n) is 2.61. The first-order chi connectivity index (χ1) is 8.08. The summed E-state index contributed by atoms with van der Waals surface area (Å²) in [4.78, 5) is 3.88. The summed E-state index contributed by atoms with van der Waals surface area (Å²) in [5.41, 5.74) is 0. The van der Waals surface area contributed by atoms with Gasteiger partial charge in [0.25, 0.3) is 0 Å². The van der Waals surface area contributed by atoms with Gasteiger partial charge in [-0.1, -0.05) is 11.6 Å². The molecule has 1 aliphatic rings. The van der Waals surface area contributed by atoms with Gasteiger partial charge < -0.3 is 5.32 Å². The van der Waals surface area contributed by atoms with E-state index in [4.69, 9.17) is 11.6 Å². The summed E-state index contributed by atoms with van der Waals surface area (Å²) in [7, 11) is -3.52. The van der Waals surface area contributed by atoms with E-state index in [2.05, 4.69) is 15.0 Å². The number of pyridine rings is 1. The molecule has 2 heterocycles. The quantitative estimate of drug-likeness (QED) is 0.855. The Morgan fingerprint density at radius 3 is 2.94 bits per heavy atom. The molecule has 1 saturated heterocycles. The van der Waals surface area contributed by atoms with E-state index in [9.17, 15) is 8.42 Å². The summed E-state index contributed by atoms with van der Waals surface area (Å²) in [6, 6.07) is 1.33. The Labute approximate surface area is 106 Å². The van der Waals surface area contributed by atoms with Crippen molar-refractivity contribution in [2.75, 3.05) is 13.1 Å². The number of sulfonamides is 1. The summed E-state index contributed by atoms with van der Waals surface area (Å²) in [6.45, 7) is 1.60. The highest BCUT2D eigenvalue weighted by molar-refractivity contribution is 7.89. The average molecular weight is 276 g/mol. The van der Waals surface area contributed by atoms with E-state index < -0.39 is 10.0 Å². The third-order valence-corrected chi connectivity index (χ3v) is 4.30. The average Bonchev–Trinajstić information content (AvgIpc) is 2.30. The molecule has 1 atom stereocenters. The van der Waals surface area contributed by atoms with Crippen LogP contribution in [-0.4, -0.2) is 32.5 Å². The van der Waals surface area contributed by atoms with Gasteiger partial charge in [0.2, 0.25) is 10.0 Å². The van der Waals surface area contributed by atoms with Crippen molar-refractivity contribution in [2.45, 2.75) is 23.8 Å². The molecule has 0 aromatic carbocycles. The topological polar surface area (TPSA) is 71.1 Å². The van der Waals surface area contributed by atoms with E-state index >= 15 is 0 Å². The number of nitrogens with one attached hydrogen (secondary N) is 2. The number of halogens is 1. The second kappa shape index (κ2) is 5.30. The lowest BCUT2D eigenvalue weighted by atomic mass is 10.1. The van der Waals surface area contributed by atoms with Gasteiger partial charge in [-0.05, 0) is 25.5 Å². The van der Waals surface area contributed by atoms with Crippen molar-refractivity contribution in [3.8, 4) is 0 Å². The van der Waals surface area contributed by atoms with Gasteiger partial charge >= 0.3 is 0 Å². The highest BCUT2D eigenvalue weighted by atomic mass is 35.5. The van der Waals surface area contributed by atoms with Gasteiger partial charge in [0.1, 0.15) is 4.90 Å². The maximum absolute atomic E-state index is 12.0. The molecule has 1 unspecified atom stereocenters. The van der Waals surface area contributed by atoms with E-state index in [1.54, 1.807) is 0 Å². The second-order valence-electron chi connectivity index (χ2n) is 4.00. The number of hydrogen-bond acceptors (Lipinski definition) is 4. The molecule has 94 valence electrons. The number of hydrogen-bond donors (Lipinski definition) is 2. The molecule has 1 aromatic rings. The molecule has 17 heavy (non-hydrogen) atoms. The van der Waals surface area contributed by atoms with Crippen molar-refractivity contribution < 1.29 is 8.42 Å². The highest BCUT2D eigenvalue weighted by Gasteiger charge is 2.21. The predicted molar refractivity (Wildman–Crippen MR) is 65.5 cm³/mol. The zero-order valence-corrected chi connectivity index (χ0v) is 10.8. The second-order valence-corrected chi connectivity index (χ2v) is 6.15. The van der Waals surface area contributed by atoms with Crippen molar-refractivity contribution in [2.24, 2.45) is 0 Å². The molecule has 2 N–H and O–H groups in total. The van der Waals surface area contributed by atoms with Crippen LogP contribution in [-0.2, 0) is 10.0 Å². The summed E-state index contributed by atoms with van der Waals surface area (Å²) in [6.07, 6.45) is 4.52. The zero-order chi connectivity index (χ0) is 12.3. The van der Waals surface area contributed by atoms with E-state index in [1.165, 1.54) is 18.5 Å². The monoisotopic (exact) mass is 275 g/mol. The van der Waals surface area contributed by atoms with Crippen LogP contribution >= 0.6 is 11.6 Å². The van der Waals surface area contributed by atoms with Crippen LogP contribution in [0.3, 0.4) is 0 Å². The molecule has 0 aliphatic carbocycles. The van der Waals surface area contributed by atoms with Crippen LogP contribution in [0.1, 0.15) is 12.8 Å². The van der Waals surface area contributed by atoms with Crippen LogP contribution in [0, 0.1) is 0 Å². The Morgan fingerprint density at radius 2 is 2.29 bits per heavy atom. The fraction of sp³-hybridized carbons (Fsp3) is 0.500. The largest absolute Gasteiger partial charge is 0.315 e. The molecule has 0 bridgehead atoms. The van der Waals surface area contributed by atoms with Crippen LogP contribution in [0.2, 0.25) is 5.02 Å². The lowest BCUT2D eigenvalue weighted by molar-refractivity contribution is 0.428. The zero-order valence-electron chi connectivity index (χ0n) is 9.19. The van der Waals surface area contributed by atoms with E-state index in [0.29, 0.717) is 11.6 Å². The Balaban J connectivity index is 2.13. The van der Waals surface area contributed by atoms with Gasteiger partial charge in [0, 0.05) is 25.0 Å². The van der Waals surface area contributed by atoms with Gasteiger partial charge in [-0.15, -0.1) is 0 Å². The normalized spacial score (nSPS) is 21.4. The first-order valence-corrected chi connectivity index (χ1v) is 7.28. The summed E-state index contributed by atoms with van der Waals surface area (Å²) in [5, 5.41) is 3.47. The third kappa shape index (κ3) is 3.38. The molecule has 2 rings (SSSR count). The minimum Gasteiger partial charge on any atom is -0.315 e. The highest BCUT2D eigenvalue weighted by Crippen LogP contribution is 2.14. The van der Waals surface area contributed by atoms with Crippen molar-refractivity contribution >= 4 is 21.6 Å². The Bertz CT molecular complexity index is 486. The molecule has 0 radical (unpaired) electrons. The van der Waals surface area contributed by atoms with Crippen LogP contribution in [0.5, 0.6) is 0 Å². The van der Waals surface area contributed by atoms with Gasteiger partial charge in [-0.25, -0.2) is 13.1 Å². The van der Waals surface area contributed by atoms with Gasteiger partial charge in [-0.3, -0.25) is 4.98 Å². The number of rotatable bonds is 3. The fourth-order valence-corrected chi connectivity index (χ4v) is 3.28. The molecular weight excluding hydrogens is 262 g/mol.